The first-order valence-electron chi connectivity index (χ1n) is 6.05. The van der Waals surface area contributed by atoms with Gasteiger partial charge in [-0.05, 0) is 48.9 Å². The Morgan fingerprint density at radius 1 is 1.30 bits per heavy atom. The lowest BCUT2D eigenvalue weighted by atomic mass is 10.1. The van der Waals surface area contributed by atoms with Gasteiger partial charge in [0.25, 0.3) is 0 Å². The molecule has 5 heteroatoms. The molecule has 0 heterocycles. The number of primary amides is 1. The smallest absolute Gasteiger partial charge is 0.248 e. The predicted octanol–water partition coefficient (Wildman–Crippen LogP) is 3.61. The van der Waals surface area contributed by atoms with Crippen LogP contribution in [-0.4, -0.2) is 5.91 Å². The summed E-state index contributed by atoms with van der Waals surface area (Å²) >= 11 is 3.42. The van der Waals surface area contributed by atoms with E-state index in [1.807, 2.05) is 25.1 Å². The summed E-state index contributed by atoms with van der Waals surface area (Å²) in [4.78, 5) is 11.1. The lowest BCUT2D eigenvalue weighted by Gasteiger charge is -2.10. The molecule has 0 aliphatic rings. The molecule has 3 nitrogen and oxygen atoms in total. The number of halogens is 2. The van der Waals surface area contributed by atoms with Gasteiger partial charge in [0.05, 0.1) is 0 Å². The molecule has 20 heavy (non-hydrogen) atoms. The first-order valence-corrected chi connectivity index (χ1v) is 6.85. The van der Waals surface area contributed by atoms with E-state index < -0.39 is 5.91 Å². The molecule has 2 aromatic carbocycles. The third-order valence-corrected chi connectivity index (χ3v) is 3.86. The standard InChI is InChI=1S/C15H14BrFN2O/c1-9-6-12(3-4-13(9)16)19-8-11-7-10(15(18)20)2-5-14(11)17/h2-7,19H,8H2,1H3,(H2,18,20). The maximum atomic E-state index is 13.7. The average Bonchev–Trinajstić information content (AvgIpc) is 2.41. The highest BCUT2D eigenvalue weighted by molar-refractivity contribution is 9.10. The summed E-state index contributed by atoms with van der Waals surface area (Å²) < 4.78 is 14.7. The zero-order valence-electron chi connectivity index (χ0n) is 10.9. The Morgan fingerprint density at radius 3 is 2.70 bits per heavy atom. The fourth-order valence-corrected chi connectivity index (χ4v) is 2.06. The van der Waals surface area contributed by atoms with Crippen molar-refractivity contribution in [3.05, 3.63) is 63.4 Å². The second-order valence-electron chi connectivity index (χ2n) is 4.49. The zero-order chi connectivity index (χ0) is 14.7. The summed E-state index contributed by atoms with van der Waals surface area (Å²) in [6.45, 7) is 2.26. The summed E-state index contributed by atoms with van der Waals surface area (Å²) in [7, 11) is 0. The van der Waals surface area contributed by atoms with Crippen LogP contribution in [0, 0.1) is 12.7 Å². The first kappa shape index (κ1) is 14.5. The van der Waals surface area contributed by atoms with Gasteiger partial charge in [-0.15, -0.1) is 0 Å². The third kappa shape index (κ3) is 3.36. The first-order chi connectivity index (χ1) is 9.47. The van der Waals surface area contributed by atoms with E-state index >= 15 is 0 Å². The quantitative estimate of drug-likeness (QED) is 0.896. The molecule has 0 atom stereocenters. The number of nitrogens with two attached hydrogens (primary N) is 1. The van der Waals surface area contributed by atoms with Gasteiger partial charge in [0.1, 0.15) is 5.82 Å². The van der Waals surface area contributed by atoms with Gasteiger partial charge in [-0.25, -0.2) is 4.39 Å². The minimum absolute atomic E-state index is 0.286. The Morgan fingerprint density at radius 2 is 2.05 bits per heavy atom. The van der Waals surface area contributed by atoms with E-state index in [4.69, 9.17) is 5.73 Å². The van der Waals surface area contributed by atoms with Crippen molar-refractivity contribution in [1.29, 1.82) is 0 Å². The highest BCUT2D eigenvalue weighted by Crippen LogP contribution is 2.21. The number of anilines is 1. The highest BCUT2D eigenvalue weighted by atomic mass is 79.9. The molecule has 0 unspecified atom stereocenters. The maximum Gasteiger partial charge on any atom is 0.248 e. The van der Waals surface area contributed by atoms with Crippen molar-refractivity contribution in [2.45, 2.75) is 13.5 Å². The third-order valence-electron chi connectivity index (χ3n) is 2.97. The van der Waals surface area contributed by atoms with E-state index in [9.17, 15) is 9.18 Å². The zero-order valence-corrected chi connectivity index (χ0v) is 12.5. The van der Waals surface area contributed by atoms with E-state index in [0.717, 1.165) is 15.7 Å². The van der Waals surface area contributed by atoms with Gasteiger partial charge in [0.2, 0.25) is 5.91 Å². The van der Waals surface area contributed by atoms with Crippen LogP contribution in [0.3, 0.4) is 0 Å². The van der Waals surface area contributed by atoms with Crippen molar-refractivity contribution in [1.82, 2.24) is 0 Å². The summed E-state index contributed by atoms with van der Waals surface area (Å²) in [5.41, 5.74) is 7.86. The molecule has 104 valence electrons. The minimum atomic E-state index is -0.564. The average molecular weight is 337 g/mol. The lowest BCUT2D eigenvalue weighted by Crippen LogP contribution is -2.12. The van der Waals surface area contributed by atoms with Crippen molar-refractivity contribution in [2.24, 2.45) is 5.73 Å². The van der Waals surface area contributed by atoms with Crippen molar-refractivity contribution in [2.75, 3.05) is 5.32 Å². The molecule has 0 saturated heterocycles. The van der Waals surface area contributed by atoms with E-state index in [1.165, 1.54) is 18.2 Å². The normalized spacial score (nSPS) is 10.3. The predicted molar refractivity (Wildman–Crippen MR) is 81.1 cm³/mol. The molecule has 0 bridgehead atoms. The van der Waals surface area contributed by atoms with Crippen LogP contribution < -0.4 is 11.1 Å². The lowest BCUT2D eigenvalue weighted by molar-refractivity contribution is 0.1000. The van der Waals surface area contributed by atoms with E-state index in [1.54, 1.807) is 0 Å². The van der Waals surface area contributed by atoms with Crippen molar-refractivity contribution < 1.29 is 9.18 Å². The van der Waals surface area contributed by atoms with Crippen LogP contribution in [0.1, 0.15) is 21.5 Å². The molecule has 0 radical (unpaired) electrons. The van der Waals surface area contributed by atoms with E-state index in [-0.39, 0.29) is 12.4 Å². The van der Waals surface area contributed by atoms with Gasteiger partial charge in [0.15, 0.2) is 0 Å². The van der Waals surface area contributed by atoms with Crippen LogP contribution in [0.2, 0.25) is 0 Å². The van der Waals surface area contributed by atoms with Gasteiger partial charge in [-0.3, -0.25) is 4.79 Å². The van der Waals surface area contributed by atoms with Crippen LogP contribution in [0.15, 0.2) is 40.9 Å². The van der Waals surface area contributed by atoms with Crippen LogP contribution in [0.25, 0.3) is 0 Å². The van der Waals surface area contributed by atoms with Crippen molar-refractivity contribution in [3.8, 4) is 0 Å². The molecule has 0 fully saturated rings. The molecular weight excluding hydrogens is 323 g/mol. The van der Waals surface area contributed by atoms with Gasteiger partial charge in [0, 0.05) is 27.8 Å². The fourth-order valence-electron chi connectivity index (χ4n) is 1.82. The molecule has 0 aliphatic carbocycles. The molecule has 0 saturated carbocycles. The number of benzene rings is 2. The van der Waals surface area contributed by atoms with Crippen molar-refractivity contribution >= 4 is 27.5 Å². The number of hydrogen-bond acceptors (Lipinski definition) is 2. The summed E-state index contributed by atoms with van der Waals surface area (Å²) in [6, 6.07) is 9.88. The largest absolute Gasteiger partial charge is 0.381 e. The monoisotopic (exact) mass is 336 g/mol. The fraction of sp³-hybridized carbons (Fsp3) is 0.133. The maximum absolute atomic E-state index is 13.7. The Labute approximate surface area is 125 Å². The van der Waals surface area contributed by atoms with E-state index in [0.29, 0.717) is 11.1 Å². The number of hydrogen-bond donors (Lipinski definition) is 2. The number of amides is 1. The van der Waals surface area contributed by atoms with Crippen molar-refractivity contribution in [3.63, 3.8) is 0 Å². The van der Waals surface area contributed by atoms with Crippen LogP contribution in [-0.2, 0) is 6.54 Å². The molecule has 2 rings (SSSR count). The number of aryl methyl sites for hydroxylation is 1. The number of carbonyl (C=O) groups excluding carboxylic acids is 1. The molecule has 1 amide bonds. The Balaban J connectivity index is 2.15. The van der Waals surface area contributed by atoms with Gasteiger partial charge in [-0.1, -0.05) is 15.9 Å². The Bertz CT molecular complexity index is 658. The molecule has 3 N–H and O–H groups in total. The van der Waals surface area contributed by atoms with Gasteiger partial charge < -0.3 is 11.1 Å². The van der Waals surface area contributed by atoms with Crippen LogP contribution in [0.5, 0.6) is 0 Å². The van der Waals surface area contributed by atoms with Gasteiger partial charge in [-0.2, -0.15) is 0 Å². The Hall–Kier alpha value is -1.88. The molecule has 2 aromatic rings. The molecular formula is C15H14BrFN2O. The highest BCUT2D eigenvalue weighted by Gasteiger charge is 2.07. The Kier molecular flexibility index (Phi) is 4.39. The summed E-state index contributed by atoms with van der Waals surface area (Å²) in [5.74, 6) is -0.929. The second-order valence-corrected chi connectivity index (χ2v) is 5.34. The molecule has 0 aliphatic heterocycles. The van der Waals surface area contributed by atoms with Gasteiger partial charge >= 0.3 is 0 Å². The van der Waals surface area contributed by atoms with E-state index in [2.05, 4.69) is 21.2 Å². The summed E-state index contributed by atoms with van der Waals surface area (Å²) in [5, 5.41) is 3.12. The van der Waals surface area contributed by atoms with Crippen LogP contribution >= 0.6 is 15.9 Å². The topological polar surface area (TPSA) is 55.1 Å². The summed E-state index contributed by atoms with van der Waals surface area (Å²) in [6.07, 6.45) is 0. The molecule has 0 aromatic heterocycles. The SMILES string of the molecule is Cc1cc(NCc2cc(C(N)=O)ccc2F)ccc1Br. The minimum Gasteiger partial charge on any atom is -0.381 e. The number of carbonyl (C=O) groups is 1. The molecule has 0 spiro atoms. The second kappa shape index (κ2) is 6.05. The number of nitrogens with one attached hydrogen (secondary N) is 1. The number of rotatable bonds is 4. The van der Waals surface area contributed by atoms with Crippen LogP contribution in [0.4, 0.5) is 10.1 Å².